The van der Waals surface area contributed by atoms with Crippen molar-refractivity contribution in [2.24, 2.45) is 0 Å². The van der Waals surface area contributed by atoms with Gasteiger partial charge in [0.05, 0.1) is 18.3 Å². The molecule has 0 aliphatic heterocycles. The lowest BCUT2D eigenvalue weighted by molar-refractivity contribution is -0.121. The molecule has 20 heavy (non-hydrogen) atoms. The summed E-state index contributed by atoms with van der Waals surface area (Å²) in [5.74, 6) is -0.799. The number of amides is 1. The average molecular weight is 302 g/mol. The molecule has 1 atom stereocenters. The largest absolute Gasteiger partial charge is 0.348 e. The number of hydrogen-bond donors (Lipinski definition) is 1. The maximum atomic E-state index is 12.8. The van der Waals surface area contributed by atoms with E-state index in [1.807, 2.05) is 0 Å². The summed E-state index contributed by atoms with van der Waals surface area (Å²) in [7, 11) is -2.01. The molecule has 0 spiro atoms. The normalized spacial score (nSPS) is 13.2. The number of hydrogen-bond acceptors (Lipinski definition) is 3. The Morgan fingerprint density at radius 2 is 1.90 bits per heavy atom. The molecule has 1 rings (SSSR count). The van der Waals surface area contributed by atoms with E-state index in [1.54, 1.807) is 19.1 Å². The van der Waals surface area contributed by atoms with Crippen molar-refractivity contribution in [3.05, 3.63) is 35.6 Å². The highest BCUT2D eigenvalue weighted by Crippen LogP contribution is 2.12. The van der Waals surface area contributed by atoms with E-state index in [0.717, 1.165) is 9.87 Å². The Bertz CT molecular complexity index is 557. The fraction of sp³-hybridized carbons (Fsp3) is 0.462. The van der Waals surface area contributed by atoms with Crippen molar-refractivity contribution in [3.8, 4) is 0 Å². The van der Waals surface area contributed by atoms with Crippen LogP contribution >= 0.6 is 0 Å². The van der Waals surface area contributed by atoms with Crippen molar-refractivity contribution in [1.29, 1.82) is 0 Å². The Balaban J connectivity index is 2.60. The van der Waals surface area contributed by atoms with Crippen molar-refractivity contribution in [3.63, 3.8) is 0 Å². The molecule has 5 nitrogen and oxygen atoms in total. The molecule has 1 amide bonds. The Labute approximate surface area is 118 Å². The molecule has 0 unspecified atom stereocenters. The Morgan fingerprint density at radius 1 is 1.35 bits per heavy atom. The number of nitrogens with one attached hydrogen (secondary N) is 1. The van der Waals surface area contributed by atoms with Gasteiger partial charge in [-0.05, 0) is 31.5 Å². The predicted molar refractivity (Wildman–Crippen MR) is 75.0 cm³/mol. The molecule has 0 bridgehead atoms. The van der Waals surface area contributed by atoms with Crippen LogP contribution < -0.4 is 5.32 Å². The third-order valence-corrected chi connectivity index (χ3v) is 4.76. The summed E-state index contributed by atoms with van der Waals surface area (Å²) in [6.07, 6.45) is 0. The van der Waals surface area contributed by atoms with E-state index in [-0.39, 0.29) is 24.2 Å². The fourth-order valence-electron chi connectivity index (χ4n) is 1.64. The Hall–Kier alpha value is -1.47. The van der Waals surface area contributed by atoms with Crippen molar-refractivity contribution in [2.45, 2.75) is 19.9 Å². The molecule has 7 heteroatoms. The maximum absolute atomic E-state index is 12.8. The molecule has 0 radical (unpaired) electrons. The van der Waals surface area contributed by atoms with Crippen LogP contribution in [0.2, 0.25) is 0 Å². The highest BCUT2D eigenvalue weighted by molar-refractivity contribution is 7.89. The second-order valence-corrected chi connectivity index (χ2v) is 6.86. The second kappa shape index (κ2) is 6.81. The summed E-state index contributed by atoms with van der Waals surface area (Å²) in [4.78, 5) is 11.8. The van der Waals surface area contributed by atoms with Gasteiger partial charge in [0.2, 0.25) is 15.9 Å². The van der Waals surface area contributed by atoms with Crippen LogP contribution in [-0.2, 0) is 14.8 Å². The van der Waals surface area contributed by atoms with Crippen molar-refractivity contribution < 1.29 is 17.6 Å². The van der Waals surface area contributed by atoms with E-state index >= 15 is 0 Å². The van der Waals surface area contributed by atoms with Crippen LogP contribution in [0, 0.1) is 5.82 Å². The highest BCUT2D eigenvalue weighted by Gasteiger charge is 2.19. The van der Waals surface area contributed by atoms with E-state index < -0.39 is 15.9 Å². The first-order valence-electron chi connectivity index (χ1n) is 6.25. The monoisotopic (exact) mass is 302 g/mol. The Kier molecular flexibility index (Phi) is 5.64. The van der Waals surface area contributed by atoms with E-state index in [0.29, 0.717) is 0 Å². The maximum Gasteiger partial charge on any atom is 0.235 e. The number of rotatable bonds is 6. The first-order valence-corrected chi connectivity index (χ1v) is 7.86. The van der Waals surface area contributed by atoms with Gasteiger partial charge in [-0.2, -0.15) is 4.31 Å². The summed E-state index contributed by atoms with van der Waals surface area (Å²) < 4.78 is 36.9. The van der Waals surface area contributed by atoms with Gasteiger partial charge in [0.1, 0.15) is 5.82 Å². The van der Waals surface area contributed by atoms with Gasteiger partial charge in [0.25, 0.3) is 0 Å². The summed E-state index contributed by atoms with van der Waals surface area (Å²) in [6, 6.07) is 5.46. The molecular formula is C13H19FN2O3S. The van der Waals surface area contributed by atoms with Crippen LogP contribution in [0.3, 0.4) is 0 Å². The standard InChI is InChI=1S/C13H19FN2O3S/c1-4-20(18,19)16(3)9-13(17)15-10(2)11-5-7-12(14)8-6-11/h5-8,10H,4,9H2,1-3H3,(H,15,17)/t10-/m0/s1. The lowest BCUT2D eigenvalue weighted by Gasteiger charge is -2.18. The van der Waals surface area contributed by atoms with Crippen molar-refractivity contribution >= 4 is 15.9 Å². The van der Waals surface area contributed by atoms with Crippen LogP contribution in [-0.4, -0.2) is 38.0 Å². The van der Waals surface area contributed by atoms with Gasteiger partial charge in [0.15, 0.2) is 0 Å². The molecule has 0 aliphatic rings. The molecule has 0 saturated carbocycles. The average Bonchev–Trinajstić information content (AvgIpc) is 2.39. The van der Waals surface area contributed by atoms with E-state index in [2.05, 4.69) is 5.32 Å². The zero-order chi connectivity index (χ0) is 15.3. The Morgan fingerprint density at radius 3 is 2.40 bits per heavy atom. The number of carbonyl (C=O) groups excluding carboxylic acids is 1. The summed E-state index contributed by atoms with van der Waals surface area (Å²) >= 11 is 0. The fourth-order valence-corrected chi connectivity index (χ4v) is 2.40. The van der Waals surface area contributed by atoms with E-state index in [9.17, 15) is 17.6 Å². The van der Waals surface area contributed by atoms with Gasteiger partial charge in [-0.25, -0.2) is 12.8 Å². The zero-order valence-electron chi connectivity index (χ0n) is 11.8. The van der Waals surface area contributed by atoms with Gasteiger partial charge < -0.3 is 5.32 Å². The number of likely N-dealkylation sites (N-methyl/N-ethyl adjacent to an activating group) is 1. The topological polar surface area (TPSA) is 66.5 Å². The molecule has 0 fully saturated rings. The molecular weight excluding hydrogens is 283 g/mol. The zero-order valence-corrected chi connectivity index (χ0v) is 12.6. The van der Waals surface area contributed by atoms with Crippen LogP contribution in [0.15, 0.2) is 24.3 Å². The molecule has 1 aromatic rings. The number of nitrogens with zero attached hydrogens (tertiary/aromatic N) is 1. The lowest BCUT2D eigenvalue weighted by atomic mass is 10.1. The van der Waals surface area contributed by atoms with Gasteiger partial charge in [-0.15, -0.1) is 0 Å². The summed E-state index contributed by atoms with van der Waals surface area (Å²) in [5.41, 5.74) is 0.751. The van der Waals surface area contributed by atoms with Crippen molar-refractivity contribution in [2.75, 3.05) is 19.3 Å². The number of halogens is 1. The third-order valence-electron chi connectivity index (χ3n) is 2.95. The lowest BCUT2D eigenvalue weighted by Crippen LogP contribution is -2.39. The molecule has 0 aliphatic carbocycles. The minimum Gasteiger partial charge on any atom is -0.348 e. The molecule has 112 valence electrons. The summed E-state index contributed by atoms with van der Waals surface area (Å²) in [5, 5.41) is 2.68. The summed E-state index contributed by atoms with van der Waals surface area (Å²) in [6.45, 7) is 3.03. The molecule has 1 N–H and O–H groups in total. The van der Waals surface area contributed by atoms with Gasteiger partial charge in [0, 0.05) is 7.05 Å². The molecule has 0 saturated heterocycles. The number of sulfonamides is 1. The first-order chi connectivity index (χ1) is 9.26. The molecule has 0 aromatic heterocycles. The van der Waals surface area contributed by atoms with Gasteiger partial charge in [-0.3, -0.25) is 4.79 Å². The molecule has 1 aromatic carbocycles. The third kappa shape index (κ3) is 4.57. The molecule has 0 heterocycles. The van der Waals surface area contributed by atoms with Gasteiger partial charge in [-0.1, -0.05) is 12.1 Å². The first kappa shape index (κ1) is 16.6. The highest BCUT2D eigenvalue weighted by atomic mass is 32.2. The number of carbonyl (C=O) groups is 1. The van der Waals surface area contributed by atoms with Crippen LogP contribution in [0.5, 0.6) is 0 Å². The van der Waals surface area contributed by atoms with Gasteiger partial charge >= 0.3 is 0 Å². The quantitative estimate of drug-likeness (QED) is 0.861. The SMILES string of the molecule is CCS(=O)(=O)N(C)CC(=O)N[C@@H](C)c1ccc(F)cc1. The minimum absolute atomic E-state index is 0.0513. The van der Waals surface area contributed by atoms with Crippen LogP contribution in [0.4, 0.5) is 4.39 Å². The smallest absolute Gasteiger partial charge is 0.235 e. The van der Waals surface area contributed by atoms with Crippen molar-refractivity contribution in [1.82, 2.24) is 9.62 Å². The van der Waals surface area contributed by atoms with Crippen LogP contribution in [0.25, 0.3) is 0 Å². The predicted octanol–water partition coefficient (Wildman–Crippen LogP) is 1.28. The second-order valence-electron chi connectivity index (χ2n) is 4.50. The minimum atomic E-state index is -3.38. The van der Waals surface area contributed by atoms with Crippen LogP contribution in [0.1, 0.15) is 25.5 Å². The number of benzene rings is 1. The van der Waals surface area contributed by atoms with E-state index in [4.69, 9.17) is 0 Å². The van der Waals surface area contributed by atoms with E-state index in [1.165, 1.54) is 26.1 Å².